The van der Waals surface area contributed by atoms with Crippen molar-refractivity contribution in [2.75, 3.05) is 39.4 Å². The molecule has 0 spiro atoms. The van der Waals surface area contributed by atoms with Crippen LogP contribution in [0.3, 0.4) is 0 Å². The first-order valence-corrected chi connectivity index (χ1v) is 10.1. The van der Waals surface area contributed by atoms with E-state index in [0.29, 0.717) is 6.54 Å². The number of carbonyl (C=O) groups is 1. The Labute approximate surface area is 176 Å². The molecule has 7 heteroatoms. The van der Waals surface area contributed by atoms with Crippen LogP contribution >= 0.6 is 0 Å². The molecule has 0 radical (unpaired) electrons. The van der Waals surface area contributed by atoms with Crippen molar-refractivity contribution >= 4 is 12.0 Å². The number of ether oxygens (including phenoxy) is 1. The molecule has 1 amide bonds. The fourth-order valence-electron chi connectivity index (χ4n) is 3.34. The minimum atomic E-state index is -0.118. The first-order chi connectivity index (χ1) is 14.8. The van der Waals surface area contributed by atoms with Gasteiger partial charge in [0.25, 0.3) is 0 Å². The molecular weight excluding hydrogens is 378 g/mol. The van der Waals surface area contributed by atoms with E-state index in [1.807, 2.05) is 53.3 Å². The quantitative estimate of drug-likeness (QED) is 0.614. The lowest BCUT2D eigenvalue weighted by molar-refractivity contribution is -0.116. The number of nitrogens with zero attached hydrogens (tertiary/aromatic N) is 4. The molecule has 154 valence electrons. The third kappa shape index (κ3) is 5.20. The standard InChI is InChI=1S/C23H25N5O2/c29-22(25-11-12-27-13-15-30-16-14-27)9-8-20-18-28(21-6-2-1-3-7-21)26-23(20)19-5-4-10-24-17-19/h1-10,17-18H,11-16H2,(H,25,29). The van der Waals surface area contributed by atoms with E-state index in [-0.39, 0.29) is 5.91 Å². The van der Waals surface area contributed by atoms with Gasteiger partial charge in [0.05, 0.1) is 18.9 Å². The van der Waals surface area contributed by atoms with Gasteiger partial charge in [0.15, 0.2) is 0 Å². The number of pyridine rings is 1. The molecule has 4 rings (SSSR count). The topological polar surface area (TPSA) is 72.3 Å². The lowest BCUT2D eigenvalue weighted by Crippen LogP contribution is -2.41. The summed E-state index contributed by atoms with van der Waals surface area (Å²) in [5, 5.41) is 7.68. The van der Waals surface area contributed by atoms with Gasteiger partial charge in [-0.2, -0.15) is 5.10 Å². The molecule has 1 aliphatic rings. The third-order valence-electron chi connectivity index (χ3n) is 4.94. The highest BCUT2D eigenvalue weighted by Gasteiger charge is 2.12. The summed E-state index contributed by atoms with van der Waals surface area (Å²) >= 11 is 0. The summed E-state index contributed by atoms with van der Waals surface area (Å²) in [6, 6.07) is 13.7. The second kappa shape index (κ2) is 9.96. The number of hydrogen-bond acceptors (Lipinski definition) is 5. The van der Waals surface area contributed by atoms with Gasteiger partial charge in [0.2, 0.25) is 5.91 Å². The molecule has 1 fully saturated rings. The highest BCUT2D eigenvalue weighted by molar-refractivity contribution is 5.92. The fourth-order valence-corrected chi connectivity index (χ4v) is 3.34. The van der Waals surface area contributed by atoms with E-state index in [1.54, 1.807) is 24.5 Å². The molecule has 0 bridgehead atoms. The molecule has 30 heavy (non-hydrogen) atoms. The minimum absolute atomic E-state index is 0.118. The van der Waals surface area contributed by atoms with Crippen LogP contribution in [0.4, 0.5) is 0 Å². The predicted octanol–water partition coefficient (Wildman–Crippen LogP) is 2.40. The number of morpholine rings is 1. The van der Waals surface area contributed by atoms with Gasteiger partial charge in [-0.25, -0.2) is 4.68 Å². The zero-order valence-electron chi connectivity index (χ0n) is 16.8. The maximum Gasteiger partial charge on any atom is 0.244 e. The molecule has 1 saturated heterocycles. The van der Waals surface area contributed by atoms with Crippen LogP contribution in [0, 0.1) is 0 Å². The molecule has 3 aromatic rings. The Bertz CT molecular complexity index is 979. The zero-order valence-corrected chi connectivity index (χ0v) is 16.8. The molecule has 0 aliphatic carbocycles. The zero-order chi connectivity index (χ0) is 20.6. The summed E-state index contributed by atoms with van der Waals surface area (Å²) < 4.78 is 7.16. The monoisotopic (exact) mass is 403 g/mol. The Kier molecular flexibility index (Phi) is 6.64. The maximum absolute atomic E-state index is 12.3. The number of hydrogen-bond donors (Lipinski definition) is 1. The Balaban J connectivity index is 1.46. The fraction of sp³-hybridized carbons (Fsp3) is 0.261. The van der Waals surface area contributed by atoms with E-state index in [1.165, 1.54) is 0 Å². The average Bonchev–Trinajstić information content (AvgIpc) is 3.24. The molecule has 0 atom stereocenters. The summed E-state index contributed by atoms with van der Waals surface area (Å²) in [6.07, 6.45) is 8.80. The van der Waals surface area contributed by atoms with Gasteiger partial charge < -0.3 is 10.1 Å². The summed E-state index contributed by atoms with van der Waals surface area (Å²) in [7, 11) is 0. The van der Waals surface area contributed by atoms with Gasteiger partial charge in [-0.15, -0.1) is 0 Å². The van der Waals surface area contributed by atoms with Crippen molar-refractivity contribution in [2.45, 2.75) is 0 Å². The number of rotatable bonds is 7. The van der Waals surface area contributed by atoms with Crippen LogP contribution in [0.1, 0.15) is 5.56 Å². The van der Waals surface area contributed by atoms with Gasteiger partial charge in [-0.05, 0) is 30.3 Å². The van der Waals surface area contributed by atoms with Gasteiger partial charge in [-0.3, -0.25) is 14.7 Å². The van der Waals surface area contributed by atoms with E-state index in [4.69, 9.17) is 9.84 Å². The summed E-state index contributed by atoms with van der Waals surface area (Å²) in [5.41, 5.74) is 3.50. The number of aromatic nitrogens is 3. The normalized spacial score (nSPS) is 14.8. The average molecular weight is 403 g/mol. The van der Waals surface area contributed by atoms with Crippen molar-refractivity contribution in [1.82, 2.24) is 25.0 Å². The van der Waals surface area contributed by atoms with E-state index >= 15 is 0 Å². The predicted molar refractivity (Wildman–Crippen MR) is 116 cm³/mol. The number of para-hydroxylation sites is 1. The molecule has 1 aliphatic heterocycles. The Morgan fingerprint density at radius 3 is 2.73 bits per heavy atom. The number of nitrogens with one attached hydrogen (secondary N) is 1. The molecule has 3 heterocycles. The van der Waals surface area contributed by atoms with Crippen molar-refractivity contribution < 1.29 is 9.53 Å². The molecule has 7 nitrogen and oxygen atoms in total. The number of benzene rings is 1. The maximum atomic E-state index is 12.3. The molecule has 1 aromatic carbocycles. The van der Waals surface area contributed by atoms with Crippen molar-refractivity contribution in [1.29, 1.82) is 0 Å². The largest absolute Gasteiger partial charge is 0.379 e. The number of carbonyl (C=O) groups excluding carboxylic acids is 1. The first kappa shape index (κ1) is 20.0. The SMILES string of the molecule is O=C(C=Cc1cn(-c2ccccc2)nc1-c1cccnc1)NCCN1CCOCC1. The van der Waals surface area contributed by atoms with Crippen LogP contribution in [0.2, 0.25) is 0 Å². The number of amides is 1. The van der Waals surface area contributed by atoms with Crippen LogP contribution in [0.15, 0.2) is 67.1 Å². The van der Waals surface area contributed by atoms with Crippen molar-refractivity contribution in [2.24, 2.45) is 0 Å². The van der Waals surface area contributed by atoms with Crippen LogP contribution in [0.5, 0.6) is 0 Å². The molecular formula is C23H25N5O2. The van der Waals surface area contributed by atoms with Crippen molar-refractivity contribution in [3.8, 4) is 16.9 Å². The lowest BCUT2D eigenvalue weighted by atomic mass is 10.1. The van der Waals surface area contributed by atoms with Gasteiger partial charge >= 0.3 is 0 Å². The highest BCUT2D eigenvalue weighted by Crippen LogP contribution is 2.24. The first-order valence-electron chi connectivity index (χ1n) is 10.1. The minimum Gasteiger partial charge on any atom is -0.379 e. The van der Waals surface area contributed by atoms with Crippen LogP contribution < -0.4 is 5.32 Å². The lowest BCUT2D eigenvalue weighted by Gasteiger charge is -2.26. The molecule has 1 N–H and O–H groups in total. The van der Waals surface area contributed by atoms with Crippen molar-refractivity contribution in [3.63, 3.8) is 0 Å². The molecule has 2 aromatic heterocycles. The van der Waals surface area contributed by atoms with Crippen LogP contribution in [-0.4, -0.2) is 65.0 Å². The third-order valence-corrected chi connectivity index (χ3v) is 4.94. The Hall–Kier alpha value is -3.29. The summed E-state index contributed by atoms with van der Waals surface area (Å²) in [6.45, 7) is 4.79. The molecule has 0 saturated carbocycles. The van der Waals surface area contributed by atoms with Gasteiger partial charge in [0, 0.05) is 62.0 Å². The second-order valence-corrected chi connectivity index (χ2v) is 7.03. The van der Waals surface area contributed by atoms with E-state index in [2.05, 4.69) is 15.2 Å². The Morgan fingerprint density at radius 1 is 1.13 bits per heavy atom. The smallest absolute Gasteiger partial charge is 0.244 e. The molecule has 0 unspecified atom stereocenters. The highest BCUT2D eigenvalue weighted by atomic mass is 16.5. The van der Waals surface area contributed by atoms with E-state index in [9.17, 15) is 4.79 Å². The van der Waals surface area contributed by atoms with E-state index in [0.717, 1.165) is 55.4 Å². The van der Waals surface area contributed by atoms with Gasteiger partial charge in [0.1, 0.15) is 5.69 Å². The summed E-state index contributed by atoms with van der Waals surface area (Å²) in [5.74, 6) is -0.118. The second-order valence-electron chi connectivity index (χ2n) is 7.03. The van der Waals surface area contributed by atoms with Crippen molar-refractivity contribution in [3.05, 3.63) is 72.7 Å². The van der Waals surface area contributed by atoms with Gasteiger partial charge in [-0.1, -0.05) is 18.2 Å². The van der Waals surface area contributed by atoms with Crippen LogP contribution in [0.25, 0.3) is 23.0 Å². The summed E-state index contributed by atoms with van der Waals surface area (Å²) in [4.78, 5) is 18.8. The Morgan fingerprint density at radius 2 is 1.97 bits per heavy atom. The van der Waals surface area contributed by atoms with E-state index < -0.39 is 0 Å². The van der Waals surface area contributed by atoms with Crippen LogP contribution in [-0.2, 0) is 9.53 Å².